The summed E-state index contributed by atoms with van der Waals surface area (Å²) in [5.41, 5.74) is 2.98. The second-order valence-corrected chi connectivity index (χ2v) is 8.09. The van der Waals surface area contributed by atoms with Gasteiger partial charge < -0.3 is 15.0 Å². The van der Waals surface area contributed by atoms with E-state index in [-0.39, 0.29) is 18.4 Å². The number of benzene rings is 2. The van der Waals surface area contributed by atoms with Crippen LogP contribution in [0, 0.1) is 13.8 Å². The van der Waals surface area contributed by atoms with Gasteiger partial charge in [0.2, 0.25) is 5.91 Å². The summed E-state index contributed by atoms with van der Waals surface area (Å²) < 4.78 is 6.76. The van der Waals surface area contributed by atoms with Crippen molar-refractivity contribution >= 4 is 27.7 Å². The summed E-state index contributed by atoms with van der Waals surface area (Å²) >= 11 is 3.42. The molecule has 0 saturated heterocycles. The molecule has 0 aromatic heterocycles. The number of carbonyl (C=O) groups is 2. The lowest BCUT2D eigenvalue weighted by molar-refractivity contribution is -0.142. The lowest BCUT2D eigenvalue weighted by atomic mass is 10.1. The largest absolute Gasteiger partial charge is 0.483 e. The van der Waals surface area contributed by atoms with Crippen LogP contribution in [0.5, 0.6) is 5.75 Å². The molecular formula is C23H29BrN2O3. The number of halogens is 1. The van der Waals surface area contributed by atoms with E-state index < -0.39 is 6.04 Å². The van der Waals surface area contributed by atoms with Crippen molar-refractivity contribution in [2.45, 2.75) is 46.7 Å². The standard InChI is InChI=1S/C23H29BrN2O3/c1-5-12-25-23(28)18(4)26(14-19-8-10-20(24)11-9-19)22(27)15-29-21-13-16(2)6-7-17(21)3/h6-11,13,18H,5,12,14-15H2,1-4H3,(H,25,28)/t18-/m0/s1. The molecule has 1 N–H and O–H groups in total. The molecule has 1 atom stereocenters. The normalized spacial score (nSPS) is 11.6. The van der Waals surface area contributed by atoms with Crippen LogP contribution in [0.4, 0.5) is 0 Å². The van der Waals surface area contributed by atoms with Gasteiger partial charge in [-0.15, -0.1) is 0 Å². The van der Waals surface area contributed by atoms with Crippen LogP contribution in [0.25, 0.3) is 0 Å². The Morgan fingerprint density at radius 3 is 2.48 bits per heavy atom. The number of amides is 2. The number of rotatable bonds is 9. The SMILES string of the molecule is CCCNC(=O)[C@H](C)N(Cc1ccc(Br)cc1)C(=O)COc1cc(C)ccc1C. The first-order valence-corrected chi connectivity index (χ1v) is 10.6. The van der Waals surface area contributed by atoms with Crippen LogP contribution >= 0.6 is 15.9 Å². The van der Waals surface area contributed by atoms with Crippen LogP contribution in [0.3, 0.4) is 0 Å². The van der Waals surface area contributed by atoms with Gasteiger partial charge in [0, 0.05) is 17.6 Å². The van der Waals surface area contributed by atoms with Gasteiger partial charge in [-0.2, -0.15) is 0 Å². The molecule has 0 spiro atoms. The van der Waals surface area contributed by atoms with Gasteiger partial charge in [-0.1, -0.05) is 47.1 Å². The predicted octanol–water partition coefficient (Wildman–Crippen LogP) is 4.39. The van der Waals surface area contributed by atoms with E-state index in [1.54, 1.807) is 11.8 Å². The molecule has 0 saturated carbocycles. The van der Waals surface area contributed by atoms with Crippen molar-refractivity contribution < 1.29 is 14.3 Å². The van der Waals surface area contributed by atoms with Gasteiger partial charge in [-0.25, -0.2) is 0 Å². The quantitative estimate of drug-likeness (QED) is 0.603. The molecule has 0 bridgehead atoms. The van der Waals surface area contributed by atoms with E-state index >= 15 is 0 Å². The summed E-state index contributed by atoms with van der Waals surface area (Å²) in [5.74, 6) is 0.294. The molecule has 0 aliphatic carbocycles. The molecule has 2 aromatic carbocycles. The zero-order valence-corrected chi connectivity index (χ0v) is 19.1. The van der Waals surface area contributed by atoms with Crippen LogP contribution in [-0.4, -0.2) is 35.9 Å². The molecule has 0 aliphatic heterocycles. The highest BCUT2D eigenvalue weighted by Crippen LogP contribution is 2.20. The third-order valence-corrected chi connectivity index (χ3v) is 5.21. The third kappa shape index (κ3) is 6.89. The number of nitrogens with one attached hydrogen (secondary N) is 1. The van der Waals surface area contributed by atoms with Crippen LogP contribution in [0.2, 0.25) is 0 Å². The van der Waals surface area contributed by atoms with Gasteiger partial charge in [-0.05, 0) is 62.1 Å². The Morgan fingerprint density at radius 2 is 1.83 bits per heavy atom. The smallest absolute Gasteiger partial charge is 0.261 e. The minimum atomic E-state index is -0.597. The molecule has 0 heterocycles. The summed E-state index contributed by atoms with van der Waals surface area (Å²) in [6.45, 7) is 8.47. The average molecular weight is 461 g/mol. The maximum Gasteiger partial charge on any atom is 0.261 e. The summed E-state index contributed by atoms with van der Waals surface area (Å²) in [7, 11) is 0. The lowest BCUT2D eigenvalue weighted by Gasteiger charge is -2.29. The zero-order chi connectivity index (χ0) is 21.4. The number of ether oxygens (including phenoxy) is 1. The van der Waals surface area contributed by atoms with Crippen LogP contribution in [0.1, 0.15) is 37.0 Å². The number of carbonyl (C=O) groups excluding carboxylic acids is 2. The molecule has 156 valence electrons. The van der Waals surface area contributed by atoms with Crippen molar-refractivity contribution in [2.24, 2.45) is 0 Å². The Hall–Kier alpha value is -2.34. The Balaban J connectivity index is 2.15. The van der Waals surface area contributed by atoms with E-state index in [4.69, 9.17) is 4.74 Å². The van der Waals surface area contributed by atoms with Gasteiger partial charge >= 0.3 is 0 Å². The van der Waals surface area contributed by atoms with Crippen LogP contribution < -0.4 is 10.1 Å². The summed E-state index contributed by atoms with van der Waals surface area (Å²) in [5, 5.41) is 2.87. The highest BCUT2D eigenvalue weighted by molar-refractivity contribution is 9.10. The van der Waals surface area contributed by atoms with Crippen molar-refractivity contribution in [1.82, 2.24) is 10.2 Å². The maximum absolute atomic E-state index is 13.0. The number of hydrogen-bond donors (Lipinski definition) is 1. The molecule has 29 heavy (non-hydrogen) atoms. The van der Waals surface area contributed by atoms with E-state index in [2.05, 4.69) is 21.2 Å². The summed E-state index contributed by atoms with van der Waals surface area (Å²) in [6.07, 6.45) is 0.842. The zero-order valence-electron chi connectivity index (χ0n) is 17.5. The Morgan fingerprint density at radius 1 is 1.14 bits per heavy atom. The minimum absolute atomic E-state index is 0.119. The van der Waals surface area contributed by atoms with Crippen molar-refractivity contribution in [2.75, 3.05) is 13.2 Å². The molecule has 5 nitrogen and oxygen atoms in total. The van der Waals surface area contributed by atoms with Crippen LogP contribution in [0.15, 0.2) is 46.9 Å². The predicted molar refractivity (Wildman–Crippen MR) is 119 cm³/mol. The molecule has 2 aromatic rings. The third-order valence-electron chi connectivity index (χ3n) is 4.68. The van der Waals surface area contributed by atoms with Crippen molar-refractivity contribution in [3.63, 3.8) is 0 Å². The van der Waals surface area contributed by atoms with Gasteiger partial charge in [0.05, 0.1) is 0 Å². The minimum Gasteiger partial charge on any atom is -0.483 e. The van der Waals surface area contributed by atoms with Gasteiger partial charge in [0.1, 0.15) is 11.8 Å². The molecule has 0 fully saturated rings. The van der Waals surface area contributed by atoms with Gasteiger partial charge in [-0.3, -0.25) is 9.59 Å². The molecule has 0 aliphatic rings. The fourth-order valence-corrected chi connectivity index (χ4v) is 3.11. The monoisotopic (exact) mass is 460 g/mol. The van der Waals surface area contributed by atoms with E-state index in [1.807, 2.05) is 63.2 Å². The second-order valence-electron chi connectivity index (χ2n) is 7.17. The fraction of sp³-hybridized carbons (Fsp3) is 0.391. The van der Waals surface area contributed by atoms with E-state index in [0.29, 0.717) is 18.8 Å². The summed E-state index contributed by atoms with van der Waals surface area (Å²) in [6, 6.07) is 13.0. The first-order chi connectivity index (χ1) is 13.8. The van der Waals surface area contributed by atoms with E-state index in [1.165, 1.54) is 0 Å². The first-order valence-electron chi connectivity index (χ1n) is 9.83. The topological polar surface area (TPSA) is 58.6 Å². The molecule has 0 unspecified atom stereocenters. The molecular weight excluding hydrogens is 432 g/mol. The average Bonchev–Trinajstić information content (AvgIpc) is 2.71. The molecule has 2 amide bonds. The number of nitrogens with zero attached hydrogens (tertiary/aromatic N) is 1. The summed E-state index contributed by atoms with van der Waals surface area (Å²) in [4.78, 5) is 27.1. The number of hydrogen-bond acceptors (Lipinski definition) is 3. The molecule has 2 rings (SSSR count). The van der Waals surface area contributed by atoms with E-state index in [0.717, 1.165) is 27.6 Å². The first kappa shape index (κ1) is 22.9. The van der Waals surface area contributed by atoms with Crippen molar-refractivity contribution in [3.8, 4) is 5.75 Å². The highest BCUT2D eigenvalue weighted by atomic mass is 79.9. The van der Waals surface area contributed by atoms with Gasteiger partial charge in [0.25, 0.3) is 5.91 Å². The van der Waals surface area contributed by atoms with Crippen molar-refractivity contribution in [1.29, 1.82) is 0 Å². The highest BCUT2D eigenvalue weighted by Gasteiger charge is 2.26. The Kier molecular flexibility index (Phi) is 8.70. The second kappa shape index (κ2) is 11.0. The van der Waals surface area contributed by atoms with Gasteiger partial charge in [0.15, 0.2) is 6.61 Å². The number of aryl methyl sites for hydroxylation is 2. The molecule has 6 heteroatoms. The fourth-order valence-electron chi connectivity index (χ4n) is 2.85. The maximum atomic E-state index is 13.0. The Bertz CT molecular complexity index is 837. The Labute approximate surface area is 181 Å². The van der Waals surface area contributed by atoms with E-state index in [9.17, 15) is 9.59 Å². The molecule has 0 radical (unpaired) electrons. The van der Waals surface area contributed by atoms with Crippen LogP contribution in [-0.2, 0) is 16.1 Å². The lowest BCUT2D eigenvalue weighted by Crippen LogP contribution is -2.49. The van der Waals surface area contributed by atoms with Crippen molar-refractivity contribution in [3.05, 3.63) is 63.6 Å².